The SMILES string of the molecule is CC1=C(C(=O)OCc2ccccc2)C(c2ccccc2)C=C2c3ccccc3S(=O)(=O)N21. The van der Waals surface area contributed by atoms with Crippen molar-refractivity contribution in [2.75, 3.05) is 0 Å². The minimum atomic E-state index is -3.80. The first-order chi connectivity index (χ1) is 15.5. The zero-order chi connectivity index (χ0) is 22.3. The molecule has 0 saturated heterocycles. The molecular weight excluding hydrogens is 422 g/mol. The molecule has 0 fully saturated rings. The van der Waals surface area contributed by atoms with E-state index in [-0.39, 0.29) is 11.5 Å². The molecule has 160 valence electrons. The summed E-state index contributed by atoms with van der Waals surface area (Å²) in [4.78, 5) is 13.6. The molecule has 3 aromatic rings. The average Bonchev–Trinajstić information content (AvgIpc) is 3.06. The molecule has 32 heavy (non-hydrogen) atoms. The number of hydrogen-bond acceptors (Lipinski definition) is 4. The van der Waals surface area contributed by atoms with E-state index < -0.39 is 21.9 Å². The lowest BCUT2D eigenvalue weighted by atomic mass is 9.86. The van der Waals surface area contributed by atoms with Crippen molar-refractivity contribution >= 4 is 21.7 Å². The Kier molecular flexibility index (Phi) is 4.94. The van der Waals surface area contributed by atoms with Gasteiger partial charge in [0.1, 0.15) is 6.61 Å². The summed E-state index contributed by atoms with van der Waals surface area (Å²) in [5.41, 5.74) is 3.67. The normalized spacial score (nSPS) is 18.6. The van der Waals surface area contributed by atoms with Crippen LogP contribution in [-0.4, -0.2) is 18.7 Å². The van der Waals surface area contributed by atoms with Crippen LogP contribution in [-0.2, 0) is 26.2 Å². The smallest absolute Gasteiger partial charge is 0.337 e. The van der Waals surface area contributed by atoms with Gasteiger partial charge in [-0.25, -0.2) is 17.5 Å². The first-order valence-corrected chi connectivity index (χ1v) is 11.8. The predicted molar refractivity (Wildman–Crippen MR) is 122 cm³/mol. The van der Waals surface area contributed by atoms with Gasteiger partial charge in [0.15, 0.2) is 0 Å². The molecule has 0 spiro atoms. The number of carbonyl (C=O) groups excluding carboxylic acids is 1. The Morgan fingerprint density at radius 3 is 2.25 bits per heavy atom. The van der Waals surface area contributed by atoms with E-state index in [1.165, 1.54) is 4.31 Å². The van der Waals surface area contributed by atoms with Crippen LogP contribution in [0.15, 0.2) is 107 Å². The predicted octanol–water partition coefficient (Wildman–Crippen LogP) is 4.85. The lowest BCUT2D eigenvalue weighted by Crippen LogP contribution is -2.30. The van der Waals surface area contributed by atoms with Gasteiger partial charge < -0.3 is 4.74 Å². The molecule has 2 aliphatic heterocycles. The fourth-order valence-electron chi connectivity index (χ4n) is 4.33. The zero-order valence-corrected chi connectivity index (χ0v) is 18.2. The van der Waals surface area contributed by atoms with Crippen LogP contribution in [0.2, 0.25) is 0 Å². The number of ether oxygens (including phenoxy) is 1. The first-order valence-electron chi connectivity index (χ1n) is 10.3. The molecule has 1 unspecified atom stereocenters. The Bertz CT molecular complexity index is 1360. The topological polar surface area (TPSA) is 63.7 Å². The molecule has 0 radical (unpaired) electrons. The number of hydrogen-bond donors (Lipinski definition) is 0. The fourth-order valence-corrected chi connectivity index (χ4v) is 6.11. The second kappa shape index (κ2) is 7.80. The number of benzene rings is 3. The molecule has 3 aromatic carbocycles. The van der Waals surface area contributed by atoms with E-state index in [1.54, 1.807) is 25.1 Å². The summed E-state index contributed by atoms with van der Waals surface area (Å²) in [6.45, 7) is 1.78. The van der Waals surface area contributed by atoms with Crippen LogP contribution >= 0.6 is 0 Å². The lowest BCUT2D eigenvalue weighted by Gasteiger charge is -2.31. The molecule has 1 atom stereocenters. The molecule has 2 aliphatic rings. The van der Waals surface area contributed by atoms with Gasteiger partial charge in [-0.15, -0.1) is 0 Å². The summed E-state index contributed by atoms with van der Waals surface area (Å²) in [6.07, 6.45) is 1.85. The molecule has 0 saturated carbocycles. The Morgan fingerprint density at radius 1 is 0.906 bits per heavy atom. The largest absolute Gasteiger partial charge is 0.457 e. The summed E-state index contributed by atoms with van der Waals surface area (Å²) in [7, 11) is -3.80. The van der Waals surface area contributed by atoms with Gasteiger partial charge in [-0.3, -0.25) is 0 Å². The van der Waals surface area contributed by atoms with Gasteiger partial charge in [-0.2, -0.15) is 0 Å². The molecular formula is C26H21NO4S. The highest BCUT2D eigenvalue weighted by Crippen LogP contribution is 2.48. The quantitative estimate of drug-likeness (QED) is 0.541. The van der Waals surface area contributed by atoms with E-state index >= 15 is 0 Å². The Balaban J connectivity index is 1.61. The lowest BCUT2D eigenvalue weighted by molar-refractivity contribution is -0.140. The second-order valence-corrected chi connectivity index (χ2v) is 9.52. The second-order valence-electron chi connectivity index (χ2n) is 7.77. The van der Waals surface area contributed by atoms with Crippen LogP contribution in [0.1, 0.15) is 29.5 Å². The van der Waals surface area contributed by atoms with Crippen LogP contribution in [0.4, 0.5) is 0 Å². The monoisotopic (exact) mass is 443 g/mol. The van der Waals surface area contributed by atoms with E-state index in [0.29, 0.717) is 22.5 Å². The molecule has 0 amide bonds. The van der Waals surface area contributed by atoms with E-state index in [9.17, 15) is 13.2 Å². The van der Waals surface area contributed by atoms with Crippen molar-refractivity contribution in [1.29, 1.82) is 0 Å². The molecule has 0 aliphatic carbocycles. The number of rotatable bonds is 4. The molecule has 0 N–H and O–H groups in total. The van der Waals surface area contributed by atoms with Gasteiger partial charge >= 0.3 is 5.97 Å². The van der Waals surface area contributed by atoms with Gasteiger partial charge in [0.05, 0.1) is 16.2 Å². The Morgan fingerprint density at radius 2 is 1.53 bits per heavy atom. The number of esters is 1. The van der Waals surface area contributed by atoms with Crippen LogP contribution in [0.25, 0.3) is 5.70 Å². The van der Waals surface area contributed by atoms with Crippen molar-refractivity contribution in [3.8, 4) is 0 Å². The number of sulfonamides is 1. The standard InChI is InChI=1S/C26H21NO4S/c1-18-25(26(28)31-17-19-10-4-2-5-11-19)22(20-12-6-3-7-13-20)16-23-21-14-8-9-15-24(21)32(29,30)27(18)23/h2-16,22H,17H2,1H3. The Hall–Kier alpha value is -3.64. The highest BCUT2D eigenvalue weighted by molar-refractivity contribution is 7.90. The van der Waals surface area contributed by atoms with Gasteiger partial charge in [0, 0.05) is 17.2 Å². The number of allylic oxidation sites excluding steroid dienone is 2. The van der Waals surface area contributed by atoms with E-state index in [0.717, 1.165) is 11.1 Å². The third-order valence-electron chi connectivity index (χ3n) is 5.82. The zero-order valence-electron chi connectivity index (χ0n) is 17.4. The highest BCUT2D eigenvalue weighted by atomic mass is 32.2. The fraction of sp³-hybridized carbons (Fsp3) is 0.115. The van der Waals surface area contributed by atoms with Gasteiger partial charge in [0.25, 0.3) is 10.0 Å². The maximum atomic E-state index is 13.3. The van der Waals surface area contributed by atoms with Crippen LogP contribution in [0.5, 0.6) is 0 Å². The van der Waals surface area contributed by atoms with E-state index in [4.69, 9.17) is 4.74 Å². The van der Waals surface area contributed by atoms with Gasteiger partial charge in [-0.1, -0.05) is 78.9 Å². The summed E-state index contributed by atoms with van der Waals surface area (Å²) < 4.78 is 33.5. The van der Waals surface area contributed by atoms with Gasteiger partial charge in [-0.05, 0) is 30.2 Å². The van der Waals surface area contributed by atoms with Crippen molar-refractivity contribution in [1.82, 2.24) is 4.31 Å². The minimum Gasteiger partial charge on any atom is -0.457 e. The van der Waals surface area contributed by atoms with E-state index in [2.05, 4.69) is 0 Å². The van der Waals surface area contributed by atoms with Crippen LogP contribution in [0, 0.1) is 0 Å². The summed E-state index contributed by atoms with van der Waals surface area (Å²) in [5.74, 6) is -0.950. The van der Waals surface area contributed by atoms with Crippen molar-refractivity contribution in [3.05, 3.63) is 119 Å². The summed E-state index contributed by atoms with van der Waals surface area (Å²) in [5, 5.41) is 0. The maximum absolute atomic E-state index is 13.3. The number of fused-ring (bicyclic) bond motifs is 3. The number of carbonyl (C=O) groups is 1. The maximum Gasteiger partial charge on any atom is 0.337 e. The molecule has 0 bridgehead atoms. The van der Waals surface area contributed by atoms with Gasteiger partial charge in [0.2, 0.25) is 0 Å². The summed E-state index contributed by atoms with van der Waals surface area (Å²) >= 11 is 0. The van der Waals surface area contributed by atoms with E-state index in [1.807, 2.05) is 72.8 Å². The highest BCUT2D eigenvalue weighted by Gasteiger charge is 2.44. The Labute approximate surface area is 187 Å². The van der Waals surface area contributed by atoms with Crippen molar-refractivity contribution in [2.45, 2.75) is 24.3 Å². The van der Waals surface area contributed by atoms with Crippen molar-refractivity contribution in [3.63, 3.8) is 0 Å². The molecule has 5 rings (SSSR count). The summed E-state index contributed by atoms with van der Waals surface area (Å²) in [6, 6.07) is 25.9. The minimum absolute atomic E-state index is 0.113. The third-order valence-corrected chi connectivity index (χ3v) is 7.68. The van der Waals surface area contributed by atoms with Crippen molar-refractivity contribution in [2.24, 2.45) is 0 Å². The van der Waals surface area contributed by atoms with Crippen LogP contribution < -0.4 is 0 Å². The molecule has 0 aromatic heterocycles. The van der Waals surface area contributed by atoms with Crippen molar-refractivity contribution < 1.29 is 17.9 Å². The molecule has 5 nitrogen and oxygen atoms in total. The first kappa shape index (κ1) is 20.3. The van der Waals surface area contributed by atoms with Crippen LogP contribution in [0.3, 0.4) is 0 Å². The molecule has 6 heteroatoms. The average molecular weight is 444 g/mol. The third kappa shape index (κ3) is 3.24. The molecule has 2 heterocycles. The number of nitrogens with zero attached hydrogens (tertiary/aromatic N) is 1.